The van der Waals surface area contributed by atoms with Gasteiger partial charge < -0.3 is 14.2 Å². The molecule has 1 atom stereocenters. The van der Waals surface area contributed by atoms with Crippen molar-refractivity contribution in [3.8, 4) is 0 Å². The van der Waals surface area contributed by atoms with Crippen LogP contribution in [0.25, 0.3) is 0 Å². The van der Waals surface area contributed by atoms with Gasteiger partial charge in [-0.2, -0.15) is 0 Å². The molecule has 58 heavy (non-hydrogen) atoms. The molecule has 0 N–H and O–H groups in total. The Morgan fingerprint density at radius 2 is 0.569 bits per heavy atom. The number of ether oxygens (including phenoxy) is 3. The second kappa shape index (κ2) is 47.6. The van der Waals surface area contributed by atoms with Gasteiger partial charge in [0.15, 0.2) is 6.10 Å². The van der Waals surface area contributed by atoms with E-state index in [0.29, 0.717) is 19.3 Å². The van der Waals surface area contributed by atoms with Crippen molar-refractivity contribution in [3.05, 3.63) is 24.3 Å². The molecular formula is C52H96O6. The summed E-state index contributed by atoms with van der Waals surface area (Å²) in [6, 6.07) is 0. The highest BCUT2D eigenvalue weighted by Gasteiger charge is 2.19. The predicted molar refractivity (Wildman–Crippen MR) is 247 cm³/mol. The van der Waals surface area contributed by atoms with Gasteiger partial charge in [0.05, 0.1) is 0 Å². The maximum Gasteiger partial charge on any atom is 0.306 e. The summed E-state index contributed by atoms with van der Waals surface area (Å²) in [6.07, 6.45) is 52.9. The second-order valence-corrected chi connectivity index (χ2v) is 17.1. The number of hydrogen-bond donors (Lipinski definition) is 0. The van der Waals surface area contributed by atoms with Crippen molar-refractivity contribution in [1.82, 2.24) is 0 Å². The van der Waals surface area contributed by atoms with Crippen LogP contribution < -0.4 is 0 Å². The average molecular weight is 817 g/mol. The van der Waals surface area contributed by atoms with E-state index in [9.17, 15) is 14.4 Å². The minimum absolute atomic E-state index is 0.0737. The summed E-state index contributed by atoms with van der Waals surface area (Å²) in [7, 11) is 0. The molecular weight excluding hydrogens is 721 g/mol. The Balaban J connectivity index is 4.37. The molecule has 0 rings (SSSR count). The van der Waals surface area contributed by atoms with E-state index in [-0.39, 0.29) is 31.1 Å². The van der Waals surface area contributed by atoms with E-state index in [1.165, 1.54) is 161 Å². The third-order valence-corrected chi connectivity index (χ3v) is 11.2. The fourth-order valence-corrected chi connectivity index (χ4v) is 7.31. The first kappa shape index (κ1) is 55.9. The Bertz CT molecular complexity index is 942. The Morgan fingerprint density at radius 1 is 0.328 bits per heavy atom. The third-order valence-electron chi connectivity index (χ3n) is 11.2. The van der Waals surface area contributed by atoms with Crippen molar-refractivity contribution >= 4 is 17.9 Å². The van der Waals surface area contributed by atoms with Crippen molar-refractivity contribution in [2.75, 3.05) is 13.2 Å². The molecule has 6 nitrogen and oxygen atoms in total. The molecule has 0 heterocycles. The molecule has 0 amide bonds. The third kappa shape index (κ3) is 45.0. The highest BCUT2D eigenvalue weighted by Crippen LogP contribution is 2.15. The van der Waals surface area contributed by atoms with Gasteiger partial charge in [-0.05, 0) is 70.6 Å². The van der Waals surface area contributed by atoms with Crippen LogP contribution in [0.1, 0.15) is 271 Å². The zero-order chi connectivity index (χ0) is 42.3. The molecule has 0 aromatic heterocycles. The number of esters is 3. The van der Waals surface area contributed by atoms with Gasteiger partial charge in [-0.3, -0.25) is 14.4 Å². The largest absolute Gasteiger partial charge is 0.462 e. The van der Waals surface area contributed by atoms with E-state index in [1.54, 1.807) is 0 Å². The molecule has 0 aliphatic heterocycles. The van der Waals surface area contributed by atoms with Gasteiger partial charge in [-0.1, -0.05) is 206 Å². The Labute approximate surface area is 360 Å². The first-order valence-corrected chi connectivity index (χ1v) is 25.3. The number of carbonyl (C=O) groups is 3. The first-order chi connectivity index (χ1) is 28.5. The van der Waals surface area contributed by atoms with Crippen LogP contribution >= 0.6 is 0 Å². The maximum atomic E-state index is 12.8. The zero-order valence-electron chi connectivity index (χ0n) is 38.8. The highest BCUT2D eigenvalue weighted by atomic mass is 16.6. The molecule has 6 heteroatoms. The van der Waals surface area contributed by atoms with Gasteiger partial charge in [-0.15, -0.1) is 0 Å². The SMILES string of the molecule is CCCCCCC/C=C\CCCCCCCC(=O)OC[C@@H](COC(=O)CCCCCCCCCCCCCC)OC(=O)CCCCCCC/C=C\CCCCCCC. The number of allylic oxidation sites excluding steroid dienone is 4. The summed E-state index contributed by atoms with van der Waals surface area (Å²) >= 11 is 0. The second-order valence-electron chi connectivity index (χ2n) is 17.1. The summed E-state index contributed by atoms with van der Waals surface area (Å²) < 4.78 is 16.8. The van der Waals surface area contributed by atoms with Crippen LogP contribution in [0.15, 0.2) is 24.3 Å². The topological polar surface area (TPSA) is 78.9 Å². The molecule has 0 bridgehead atoms. The van der Waals surface area contributed by atoms with Gasteiger partial charge in [0.1, 0.15) is 13.2 Å². The van der Waals surface area contributed by atoms with Gasteiger partial charge >= 0.3 is 17.9 Å². The van der Waals surface area contributed by atoms with Crippen molar-refractivity contribution < 1.29 is 28.6 Å². The van der Waals surface area contributed by atoms with E-state index in [0.717, 1.165) is 70.6 Å². The van der Waals surface area contributed by atoms with Crippen molar-refractivity contribution in [3.63, 3.8) is 0 Å². The summed E-state index contributed by atoms with van der Waals surface area (Å²) in [6.45, 7) is 6.62. The fraction of sp³-hybridized carbons (Fsp3) is 0.865. The molecule has 0 saturated carbocycles. The minimum atomic E-state index is -0.773. The number of unbranched alkanes of at least 4 members (excludes halogenated alkanes) is 31. The summed E-state index contributed by atoms with van der Waals surface area (Å²) in [4.78, 5) is 37.9. The van der Waals surface area contributed by atoms with E-state index >= 15 is 0 Å². The molecule has 0 radical (unpaired) electrons. The molecule has 0 fully saturated rings. The number of rotatable bonds is 46. The summed E-state index contributed by atoms with van der Waals surface area (Å²) in [5, 5.41) is 0. The van der Waals surface area contributed by atoms with Crippen LogP contribution in [0, 0.1) is 0 Å². The monoisotopic (exact) mass is 817 g/mol. The predicted octanol–water partition coefficient (Wildman–Crippen LogP) is 16.4. The normalized spacial score (nSPS) is 12.1. The van der Waals surface area contributed by atoms with E-state index in [1.807, 2.05) is 0 Å². The standard InChI is InChI=1S/C52H96O6/c1-4-7-10-13-16-19-22-25-27-30-33-36-39-42-45-51(54)57-48-49(47-56-50(53)44-41-38-35-32-29-24-21-18-15-12-9-6-3)58-52(55)46-43-40-37-34-31-28-26-23-20-17-14-11-8-5-2/h22-23,25-26,49H,4-21,24,27-48H2,1-3H3/b25-22-,26-23-/t49-/m1/s1. The molecule has 0 saturated heterocycles. The maximum absolute atomic E-state index is 12.8. The van der Waals surface area contributed by atoms with E-state index in [4.69, 9.17) is 14.2 Å². The Kier molecular flexibility index (Phi) is 45.8. The molecule has 0 aliphatic carbocycles. The van der Waals surface area contributed by atoms with Crippen LogP contribution in [0.4, 0.5) is 0 Å². The fourth-order valence-electron chi connectivity index (χ4n) is 7.31. The van der Waals surface area contributed by atoms with Crippen molar-refractivity contribution in [2.24, 2.45) is 0 Å². The van der Waals surface area contributed by atoms with E-state index in [2.05, 4.69) is 45.1 Å². The van der Waals surface area contributed by atoms with Gasteiger partial charge in [-0.25, -0.2) is 0 Å². The summed E-state index contributed by atoms with van der Waals surface area (Å²) in [5.41, 5.74) is 0. The smallest absolute Gasteiger partial charge is 0.306 e. The lowest BCUT2D eigenvalue weighted by atomic mass is 10.0. The quantitative estimate of drug-likeness (QED) is 0.0263. The molecule has 0 unspecified atom stereocenters. The zero-order valence-corrected chi connectivity index (χ0v) is 38.8. The average Bonchev–Trinajstić information content (AvgIpc) is 3.22. The highest BCUT2D eigenvalue weighted by molar-refractivity contribution is 5.71. The van der Waals surface area contributed by atoms with Crippen molar-refractivity contribution in [2.45, 2.75) is 277 Å². The van der Waals surface area contributed by atoms with Gasteiger partial charge in [0.25, 0.3) is 0 Å². The molecule has 340 valence electrons. The lowest BCUT2D eigenvalue weighted by molar-refractivity contribution is -0.167. The van der Waals surface area contributed by atoms with Crippen LogP contribution in [0.3, 0.4) is 0 Å². The summed E-state index contributed by atoms with van der Waals surface area (Å²) in [5.74, 6) is -0.881. The van der Waals surface area contributed by atoms with Crippen molar-refractivity contribution in [1.29, 1.82) is 0 Å². The molecule has 0 aromatic rings. The number of hydrogen-bond acceptors (Lipinski definition) is 6. The Hall–Kier alpha value is -2.11. The van der Waals surface area contributed by atoms with Crippen LogP contribution in [0.5, 0.6) is 0 Å². The van der Waals surface area contributed by atoms with Gasteiger partial charge in [0.2, 0.25) is 0 Å². The lowest BCUT2D eigenvalue weighted by Gasteiger charge is -2.18. The molecule has 0 aliphatic rings. The van der Waals surface area contributed by atoms with Crippen LogP contribution in [0.2, 0.25) is 0 Å². The first-order valence-electron chi connectivity index (χ1n) is 25.3. The molecule has 0 aromatic carbocycles. The van der Waals surface area contributed by atoms with E-state index < -0.39 is 6.10 Å². The Morgan fingerprint density at radius 3 is 0.862 bits per heavy atom. The van der Waals surface area contributed by atoms with Gasteiger partial charge in [0, 0.05) is 19.3 Å². The lowest BCUT2D eigenvalue weighted by Crippen LogP contribution is -2.30. The number of carbonyl (C=O) groups excluding carboxylic acids is 3. The minimum Gasteiger partial charge on any atom is -0.462 e. The van der Waals surface area contributed by atoms with Crippen LogP contribution in [-0.2, 0) is 28.6 Å². The van der Waals surface area contributed by atoms with Crippen LogP contribution in [-0.4, -0.2) is 37.2 Å². The molecule has 0 spiro atoms.